The van der Waals surface area contributed by atoms with Crippen LogP contribution in [0.4, 0.5) is 0 Å². The molecule has 0 amide bonds. The number of carbonyl (C=O) groups excluding carboxylic acids is 1. The van der Waals surface area contributed by atoms with Gasteiger partial charge in [-0.05, 0) is 149 Å². The monoisotopic (exact) mass is 967 g/mol. The van der Waals surface area contributed by atoms with Gasteiger partial charge in [-0.15, -0.1) is 0 Å². The highest BCUT2D eigenvalue weighted by atomic mass is 33.1. The van der Waals surface area contributed by atoms with Crippen LogP contribution in [0.5, 0.6) is 0 Å². The van der Waals surface area contributed by atoms with Gasteiger partial charge in [0, 0.05) is 66.2 Å². The minimum Gasteiger partial charge on any atom is -0.396 e. The molecule has 16 atom stereocenters. The van der Waals surface area contributed by atoms with Crippen LogP contribution in [0.3, 0.4) is 0 Å². The van der Waals surface area contributed by atoms with E-state index in [0.29, 0.717) is 42.5 Å². The van der Waals surface area contributed by atoms with E-state index in [0.717, 1.165) is 37.9 Å². The predicted molar refractivity (Wildman–Crippen MR) is 266 cm³/mol. The molecule has 1 aromatic rings. The molecule has 1 aliphatic heterocycles. The Morgan fingerprint density at radius 2 is 1.75 bits per heavy atom. The van der Waals surface area contributed by atoms with Crippen molar-refractivity contribution in [2.24, 2.45) is 79.7 Å². The Bertz CT molecular complexity index is 2040. The first-order valence-electron chi connectivity index (χ1n) is 25.9. The maximum atomic E-state index is 15.1. The molecule has 10 N–H and O–H groups in total. The number of guanidine groups is 1. The number of hydrogen-bond donors (Lipinski definition) is 9. The first-order valence-corrected chi connectivity index (χ1v) is 28.4. The zero-order chi connectivity index (χ0) is 47.7. The number of aliphatic imine (C=N–C) groups is 1. The molecule has 0 aromatic carbocycles. The highest BCUT2D eigenvalue weighted by Crippen LogP contribution is 2.75. The smallest absolute Gasteiger partial charge is 0.190 e. The number of nitrogens with two attached hydrogens (primary N) is 1. The summed E-state index contributed by atoms with van der Waals surface area (Å²) >= 11 is 0. The molecule has 9 rings (SSSR count). The van der Waals surface area contributed by atoms with Gasteiger partial charge in [-0.25, -0.2) is 4.98 Å². The molecule has 0 radical (unpaired) electrons. The van der Waals surface area contributed by atoms with Gasteiger partial charge < -0.3 is 51.6 Å². The van der Waals surface area contributed by atoms with Gasteiger partial charge >= 0.3 is 0 Å². The summed E-state index contributed by atoms with van der Waals surface area (Å²) in [6.07, 6.45) is 17.9. The number of hydrogen-bond acceptors (Lipinski definition) is 12. The molecule has 6 saturated carbocycles. The summed E-state index contributed by atoms with van der Waals surface area (Å²) in [4.78, 5) is 24.5. The maximum Gasteiger partial charge on any atom is 0.190 e. The van der Waals surface area contributed by atoms with Gasteiger partial charge in [-0.2, -0.15) is 0 Å². The van der Waals surface area contributed by atoms with Crippen LogP contribution in [0.2, 0.25) is 0 Å². The Morgan fingerprint density at radius 1 is 1.00 bits per heavy atom. The third-order valence-corrected chi connectivity index (χ3v) is 22.4. The van der Waals surface area contributed by atoms with Crippen molar-refractivity contribution in [2.45, 2.75) is 160 Å². The third kappa shape index (κ3) is 8.43. The summed E-state index contributed by atoms with van der Waals surface area (Å²) in [5.41, 5.74) is 6.55. The van der Waals surface area contributed by atoms with Crippen LogP contribution in [-0.4, -0.2) is 120 Å². The van der Waals surface area contributed by atoms with E-state index in [1.807, 2.05) is 23.3 Å². The summed E-state index contributed by atoms with van der Waals surface area (Å²) in [5.74, 6) is -1.77. The molecule has 0 unspecified atom stereocenters. The SMILES string of the molecule is CNC[C@@H]1[C@@H](O)[C@@H](O)C[C@@]2(C)[C@@H]1C(=O)C=C1[C@@H]2[C@H](CN=C(N)N[C@@H](C)O)[C@H]2CCC[C@@H]3[C@H](O)C/C(=C4/CCCC5(CCCC5)C4)C(C)(C)C[C@H](n4ccnc4)CSSC[C@H]4C[C@H]3[C@]2(CO)[C@]14O. The molecule has 2 heterocycles. The van der Waals surface area contributed by atoms with Gasteiger partial charge in [-0.3, -0.25) is 9.79 Å². The molecule has 67 heavy (non-hydrogen) atoms. The average Bonchev–Trinajstić information content (AvgIpc) is 4.00. The Morgan fingerprint density at radius 3 is 2.45 bits per heavy atom. The van der Waals surface area contributed by atoms with Crippen LogP contribution in [0.1, 0.15) is 130 Å². The Kier molecular flexibility index (Phi) is 14.4. The van der Waals surface area contributed by atoms with E-state index >= 15 is 4.79 Å². The van der Waals surface area contributed by atoms with E-state index in [1.165, 1.54) is 44.1 Å². The standard InChI is InChI=1S/C52H82N6O7S2/c1-30(60)57-47(53)56-25-35-37-12-8-11-34-39-18-32(52(65,51(37,39)28-59)40-20-42(62)45-36(24-54-5)46(64)43(63)23-49(45,4)44(35)40)26-66-67-27-33(58-17-16-55-29-58)22-48(2,3)38(19-41(34)61)31-10-9-15-50(21-31)13-6-7-14-50/h16-17,20,29-30,32-37,39,41,43-46,54,59-61,63-65H,6-15,18-19,21-28H2,1-5H3,(H3,53,56,57)/b38-31+/t30-,32-,33+,34+,35-,36+,37-,39-,41-,43+,44+,45+,46-,49-,51-,52-/m1/s1. The van der Waals surface area contributed by atoms with Crippen molar-refractivity contribution in [1.82, 2.24) is 20.2 Å². The van der Waals surface area contributed by atoms with Crippen LogP contribution < -0.4 is 16.4 Å². The van der Waals surface area contributed by atoms with Crippen molar-refractivity contribution in [3.05, 3.63) is 41.5 Å². The molecule has 7 fully saturated rings. The lowest BCUT2D eigenvalue weighted by molar-refractivity contribution is -0.213. The fourth-order valence-electron chi connectivity index (χ4n) is 17.4. The molecule has 1 saturated heterocycles. The van der Waals surface area contributed by atoms with Gasteiger partial charge in [0.2, 0.25) is 0 Å². The van der Waals surface area contributed by atoms with E-state index in [9.17, 15) is 30.6 Å². The highest BCUT2D eigenvalue weighted by Gasteiger charge is 2.77. The van der Waals surface area contributed by atoms with Gasteiger partial charge in [0.1, 0.15) is 6.23 Å². The van der Waals surface area contributed by atoms with Crippen LogP contribution in [-0.2, 0) is 4.79 Å². The zero-order valence-corrected chi connectivity index (χ0v) is 42.4. The number of imidazole rings is 1. The molecule has 15 heteroatoms. The third-order valence-electron chi connectivity index (χ3n) is 19.8. The van der Waals surface area contributed by atoms with Crippen molar-refractivity contribution in [3.8, 4) is 0 Å². The van der Waals surface area contributed by atoms with E-state index in [1.54, 1.807) is 36.4 Å². The second-order valence-corrected chi connectivity index (χ2v) is 26.3. The Hall–Kier alpha value is -1.95. The van der Waals surface area contributed by atoms with Crippen LogP contribution in [0, 0.1) is 69.0 Å². The lowest BCUT2D eigenvalue weighted by Gasteiger charge is -2.67. The average molecular weight is 967 g/mol. The minimum atomic E-state index is -1.62. The fraction of sp³-hybridized carbons (Fsp3) is 0.827. The first-order chi connectivity index (χ1) is 31.9. The van der Waals surface area contributed by atoms with Gasteiger partial charge in [0.15, 0.2) is 11.7 Å². The number of nitrogens with zero attached hydrogens (tertiary/aromatic N) is 3. The summed E-state index contributed by atoms with van der Waals surface area (Å²) in [6, 6.07) is 0.148. The van der Waals surface area contributed by atoms with Gasteiger partial charge in [-0.1, -0.05) is 72.8 Å². The Labute approximate surface area is 406 Å². The van der Waals surface area contributed by atoms with Crippen molar-refractivity contribution < 1.29 is 35.4 Å². The van der Waals surface area contributed by atoms with Crippen molar-refractivity contribution in [3.63, 3.8) is 0 Å². The number of fused-ring (bicyclic) bond motifs is 6. The number of aliphatic hydroxyl groups excluding tert-OH is 5. The van der Waals surface area contributed by atoms with Crippen molar-refractivity contribution in [2.75, 3.05) is 38.2 Å². The topological polar surface area (TPSA) is 219 Å². The van der Waals surface area contributed by atoms with Crippen molar-refractivity contribution >= 4 is 33.3 Å². The van der Waals surface area contributed by atoms with Crippen LogP contribution in [0.25, 0.3) is 0 Å². The quantitative estimate of drug-likeness (QED) is 0.0523. The molecule has 2 bridgehead atoms. The largest absolute Gasteiger partial charge is 0.396 e. The highest BCUT2D eigenvalue weighted by molar-refractivity contribution is 8.76. The summed E-state index contributed by atoms with van der Waals surface area (Å²) in [5, 5.41) is 79.9. The fourth-order valence-corrected chi connectivity index (χ4v) is 20.1. The molecule has 1 spiro atoms. The summed E-state index contributed by atoms with van der Waals surface area (Å²) in [7, 11) is 5.39. The second-order valence-electron chi connectivity index (χ2n) is 23.8. The van der Waals surface area contributed by atoms with E-state index in [-0.39, 0.29) is 72.4 Å². The number of nitrogens with one attached hydrogen (secondary N) is 2. The van der Waals surface area contributed by atoms with Gasteiger partial charge in [0.25, 0.3) is 0 Å². The Balaban J connectivity index is 1.21. The molecule has 374 valence electrons. The second kappa shape index (κ2) is 19.2. The maximum absolute atomic E-state index is 15.1. The molecule has 13 nitrogen and oxygen atoms in total. The summed E-state index contributed by atoms with van der Waals surface area (Å²) < 4.78 is 2.26. The molecule has 8 aliphatic rings. The zero-order valence-electron chi connectivity index (χ0n) is 40.8. The summed E-state index contributed by atoms with van der Waals surface area (Å²) in [6.45, 7) is 8.69. The first kappa shape index (κ1) is 50.0. The number of carbonyl (C=O) groups is 1. The molecular formula is C52H82N6O7S2. The van der Waals surface area contributed by atoms with Crippen LogP contribution in [0.15, 0.2) is 46.5 Å². The molecule has 7 aliphatic carbocycles. The number of rotatable bonds is 7. The van der Waals surface area contributed by atoms with Crippen molar-refractivity contribution in [1.29, 1.82) is 0 Å². The predicted octanol–water partition coefficient (Wildman–Crippen LogP) is 5.76. The van der Waals surface area contributed by atoms with E-state index in [2.05, 4.69) is 47.2 Å². The van der Waals surface area contributed by atoms with Crippen LogP contribution >= 0.6 is 21.6 Å². The van der Waals surface area contributed by atoms with Gasteiger partial charge in [0.05, 0.1) is 36.8 Å². The van der Waals surface area contributed by atoms with E-state index in [4.69, 9.17) is 10.7 Å². The lowest BCUT2D eigenvalue weighted by atomic mass is 9.38. The minimum absolute atomic E-state index is 0.0844. The molecule has 1 aromatic heterocycles. The molecular weight excluding hydrogens is 885 g/mol. The number of allylic oxidation sites excluding steroid dienone is 2. The number of aromatic nitrogens is 2. The number of aliphatic hydroxyl groups is 6. The van der Waals surface area contributed by atoms with E-state index < -0.39 is 58.7 Å². The lowest BCUT2D eigenvalue weighted by Crippen LogP contribution is -2.71. The normalized spacial score (nSPS) is 44.8. The number of ketones is 1.